The van der Waals surface area contributed by atoms with E-state index >= 15 is 0 Å². The summed E-state index contributed by atoms with van der Waals surface area (Å²) >= 11 is 0. The second-order valence-corrected chi connectivity index (χ2v) is 8.59. The molecule has 198 valence electrons. The molecule has 0 saturated carbocycles. The van der Waals surface area contributed by atoms with Gasteiger partial charge in [-0.1, -0.05) is 44.2 Å². The van der Waals surface area contributed by atoms with Gasteiger partial charge in [0.2, 0.25) is 23.6 Å². The van der Waals surface area contributed by atoms with Gasteiger partial charge in [0.05, 0.1) is 12.5 Å². The molecule has 4 amide bonds. The van der Waals surface area contributed by atoms with Crippen LogP contribution in [-0.4, -0.2) is 69.9 Å². The number of hydrogen-bond donors (Lipinski definition) is 7. The van der Waals surface area contributed by atoms with Gasteiger partial charge >= 0.3 is 11.9 Å². The smallest absolute Gasteiger partial charge is 0.326 e. The van der Waals surface area contributed by atoms with Crippen LogP contribution in [0.4, 0.5) is 0 Å². The first-order chi connectivity index (χ1) is 16.8. The van der Waals surface area contributed by atoms with Crippen LogP contribution in [0.15, 0.2) is 30.3 Å². The Morgan fingerprint density at radius 2 is 1.44 bits per heavy atom. The van der Waals surface area contributed by atoms with Crippen LogP contribution >= 0.6 is 0 Å². The normalized spacial score (nSPS) is 14.1. The fourth-order valence-corrected chi connectivity index (χ4v) is 3.22. The number of carboxylic acids is 2. The predicted octanol–water partition coefficient (Wildman–Crippen LogP) is -1.51. The Kier molecular flexibility index (Phi) is 12.0. The molecular weight excluding hydrogens is 474 g/mol. The Morgan fingerprint density at radius 3 is 1.94 bits per heavy atom. The first-order valence-corrected chi connectivity index (χ1v) is 11.2. The second-order valence-electron chi connectivity index (χ2n) is 8.59. The summed E-state index contributed by atoms with van der Waals surface area (Å²) in [5.41, 5.74) is 11.5. The van der Waals surface area contributed by atoms with Crippen LogP contribution in [0.2, 0.25) is 0 Å². The van der Waals surface area contributed by atoms with Gasteiger partial charge in [-0.05, 0) is 17.9 Å². The van der Waals surface area contributed by atoms with Crippen molar-refractivity contribution in [2.75, 3.05) is 0 Å². The number of nitrogens with one attached hydrogen (secondary N) is 3. The molecule has 0 spiro atoms. The van der Waals surface area contributed by atoms with Crippen molar-refractivity contribution in [1.82, 2.24) is 16.0 Å². The minimum atomic E-state index is -1.47. The Bertz CT molecular complexity index is 953. The van der Waals surface area contributed by atoms with Gasteiger partial charge in [-0.15, -0.1) is 0 Å². The van der Waals surface area contributed by atoms with Crippen LogP contribution in [0.1, 0.15) is 38.7 Å². The summed E-state index contributed by atoms with van der Waals surface area (Å²) in [6.45, 7) is 3.23. The Labute approximate surface area is 208 Å². The molecule has 0 fully saturated rings. The highest BCUT2D eigenvalue weighted by Gasteiger charge is 2.32. The molecular formula is C23H33N5O8. The predicted molar refractivity (Wildman–Crippen MR) is 127 cm³/mol. The molecule has 13 nitrogen and oxygen atoms in total. The molecule has 4 atom stereocenters. The summed E-state index contributed by atoms with van der Waals surface area (Å²) in [5.74, 6) is -6.30. The number of nitrogens with two attached hydrogens (primary N) is 2. The molecule has 0 saturated heterocycles. The highest BCUT2D eigenvalue weighted by Crippen LogP contribution is 2.08. The van der Waals surface area contributed by atoms with Crippen LogP contribution < -0.4 is 27.4 Å². The van der Waals surface area contributed by atoms with E-state index in [2.05, 4.69) is 16.0 Å². The van der Waals surface area contributed by atoms with Crippen LogP contribution in [0.3, 0.4) is 0 Å². The lowest BCUT2D eigenvalue weighted by Crippen LogP contribution is -2.59. The molecule has 0 bridgehead atoms. The molecule has 0 aliphatic rings. The maximum atomic E-state index is 13.1. The molecule has 9 N–H and O–H groups in total. The molecule has 0 aromatic heterocycles. The van der Waals surface area contributed by atoms with Crippen LogP contribution in [-0.2, 0) is 35.2 Å². The Morgan fingerprint density at radius 1 is 0.861 bits per heavy atom. The number of carbonyl (C=O) groups is 6. The van der Waals surface area contributed by atoms with Gasteiger partial charge in [0.25, 0.3) is 0 Å². The summed E-state index contributed by atoms with van der Waals surface area (Å²) in [5, 5.41) is 25.4. The molecule has 13 heteroatoms. The molecule has 0 aliphatic heterocycles. The number of primary amides is 1. The van der Waals surface area contributed by atoms with Crippen molar-refractivity contribution < 1.29 is 39.0 Å². The number of carbonyl (C=O) groups excluding carboxylic acids is 4. The summed E-state index contributed by atoms with van der Waals surface area (Å²) in [7, 11) is 0. The molecule has 1 aromatic carbocycles. The van der Waals surface area contributed by atoms with Gasteiger partial charge in [0, 0.05) is 12.8 Å². The molecule has 36 heavy (non-hydrogen) atoms. The quantitative estimate of drug-likeness (QED) is 0.146. The van der Waals surface area contributed by atoms with E-state index in [-0.39, 0.29) is 12.8 Å². The van der Waals surface area contributed by atoms with Gasteiger partial charge in [-0.3, -0.25) is 24.0 Å². The molecule has 1 rings (SSSR count). The fourth-order valence-electron chi connectivity index (χ4n) is 3.22. The maximum absolute atomic E-state index is 13.1. The maximum Gasteiger partial charge on any atom is 0.326 e. The van der Waals surface area contributed by atoms with Gasteiger partial charge < -0.3 is 37.6 Å². The van der Waals surface area contributed by atoms with Crippen molar-refractivity contribution in [3.8, 4) is 0 Å². The van der Waals surface area contributed by atoms with Crippen molar-refractivity contribution >= 4 is 35.6 Å². The summed E-state index contributed by atoms with van der Waals surface area (Å²) in [4.78, 5) is 71.8. The highest BCUT2D eigenvalue weighted by molar-refractivity contribution is 5.95. The van der Waals surface area contributed by atoms with Gasteiger partial charge in [-0.2, -0.15) is 0 Å². The van der Waals surface area contributed by atoms with E-state index < -0.39 is 78.5 Å². The number of amides is 4. The van der Waals surface area contributed by atoms with Crippen molar-refractivity contribution in [2.45, 2.75) is 63.7 Å². The van der Waals surface area contributed by atoms with Crippen LogP contribution in [0.5, 0.6) is 0 Å². The SMILES string of the molecule is CC(C)C(NC(=O)C(Cc1ccccc1)NC(=O)C(N)CC(N)=O)C(=O)NC(CCC(=O)O)C(=O)O. The number of carboxylic acid groups (broad SMARTS) is 2. The molecule has 0 aliphatic carbocycles. The third kappa shape index (κ3) is 10.5. The van der Waals surface area contributed by atoms with E-state index in [1.54, 1.807) is 44.2 Å². The zero-order chi connectivity index (χ0) is 27.4. The lowest BCUT2D eigenvalue weighted by Gasteiger charge is -2.27. The number of hydrogen-bond acceptors (Lipinski definition) is 7. The van der Waals surface area contributed by atoms with Crippen LogP contribution in [0.25, 0.3) is 0 Å². The van der Waals surface area contributed by atoms with E-state index in [4.69, 9.17) is 16.6 Å². The van der Waals surface area contributed by atoms with E-state index in [1.807, 2.05) is 0 Å². The first kappa shape index (κ1) is 30.0. The Hall–Kier alpha value is -4.00. The zero-order valence-electron chi connectivity index (χ0n) is 20.1. The van der Waals surface area contributed by atoms with Crippen molar-refractivity contribution in [2.24, 2.45) is 17.4 Å². The lowest BCUT2D eigenvalue weighted by atomic mass is 10.00. The largest absolute Gasteiger partial charge is 0.481 e. The minimum Gasteiger partial charge on any atom is -0.481 e. The summed E-state index contributed by atoms with van der Waals surface area (Å²) in [6, 6.07) is 3.54. The number of rotatable bonds is 15. The van der Waals surface area contributed by atoms with Gasteiger partial charge in [-0.25, -0.2) is 4.79 Å². The van der Waals surface area contributed by atoms with E-state index in [0.29, 0.717) is 5.56 Å². The monoisotopic (exact) mass is 507 g/mol. The molecule has 1 aromatic rings. The van der Waals surface area contributed by atoms with Crippen molar-refractivity contribution in [3.05, 3.63) is 35.9 Å². The fraction of sp³-hybridized carbons (Fsp3) is 0.478. The standard InChI is InChI=1S/C23H33N5O8/c1-12(2)19(22(34)26-15(23(35)36)8-9-18(30)31)28-21(33)16(10-13-6-4-3-5-7-13)27-20(32)14(24)11-17(25)29/h3-7,12,14-16,19H,8-11,24H2,1-2H3,(H2,25,29)(H,26,34)(H,27,32)(H,28,33)(H,30,31)(H,35,36). The van der Waals surface area contributed by atoms with Crippen molar-refractivity contribution in [1.29, 1.82) is 0 Å². The highest BCUT2D eigenvalue weighted by atomic mass is 16.4. The van der Waals surface area contributed by atoms with E-state index in [0.717, 1.165) is 0 Å². The number of aliphatic carboxylic acids is 2. The van der Waals surface area contributed by atoms with Gasteiger partial charge in [0.1, 0.15) is 18.1 Å². The summed E-state index contributed by atoms with van der Waals surface area (Å²) in [6.07, 6.45) is -1.23. The topological polar surface area (TPSA) is 231 Å². The molecule has 0 heterocycles. The Balaban J connectivity index is 3.06. The van der Waals surface area contributed by atoms with Crippen molar-refractivity contribution in [3.63, 3.8) is 0 Å². The third-order valence-corrected chi connectivity index (χ3v) is 5.18. The lowest BCUT2D eigenvalue weighted by molar-refractivity contribution is -0.143. The third-order valence-electron chi connectivity index (χ3n) is 5.18. The summed E-state index contributed by atoms with van der Waals surface area (Å²) < 4.78 is 0. The number of benzene rings is 1. The van der Waals surface area contributed by atoms with E-state index in [9.17, 15) is 33.9 Å². The van der Waals surface area contributed by atoms with Crippen LogP contribution in [0, 0.1) is 5.92 Å². The first-order valence-electron chi connectivity index (χ1n) is 11.2. The van der Waals surface area contributed by atoms with Gasteiger partial charge in [0.15, 0.2) is 0 Å². The molecule has 0 radical (unpaired) electrons. The average Bonchev–Trinajstić information content (AvgIpc) is 2.78. The second kappa shape index (κ2) is 14.4. The minimum absolute atomic E-state index is 0.0322. The zero-order valence-corrected chi connectivity index (χ0v) is 20.1. The van der Waals surface area contributed by atoms with E-state index in [1.165, 1.54) is 0 Å². The molecule has 4 unspecified atom stereocenters. The average molecular weight is 508 g/mol.